The van der Waals surface area contributed by atoms with Gasteiger partial charge in [0.2, 0.25) is 0 Å². The first-order valence-corrected chi connectivity index (χ1v) is 10.6. The van der Waals surface area contributed by atoms with Crippen molar-refractivity contribution in [1.82, 2.24) is 4.90 Å². The molecule has 1 aromatic carbocycles. The van der Waals surface area contributed by atoms with E-state index < -0.39 is 6.10 Å². The van der Waals surface area contributed by atoms with Crippen molar-refractivity contribution in [3.8, 4) is 11.5 Å². The summed E-state index contributed by atoms with van der Waals surface area (Å²) in [6.07, 6.45) is 6.19. The van der Waals surface area contributed by atoms with Crippen molar-refractivity contribution in [3.05, 3.63) is 23.3 Å². The molecule has 2 N–H and O–H groups in total. The number of hydrogen-bond acceptors (Lipinski definition) is 4. The van der Waals surface area contributed by atoms with Gasteiger partial charge in [-0.3, -0.25) is 4.90 Å². The average Bonchev–Trinajstić information content (AvgIpc) is 3.30. The van der Waals surface area contributed by atoms with Gasteiger partial charge >= 0.3 is 0 Å². The van der Waals surface area contributed by atoms with E-state index in [1.165, 1.54) is 30.5 Å². The van der Waals surface area contributed by atoms with Crippen molar-refractivity contribution in [3.63, 3.8) is 0 Å². The Morgan fingerprint density at radius 3 is 2.96 bits per heavy atom. The number of rotatable bonds is 3. The Morgan fingerprint density at radius 2 is 2.15 bits per heavy atom. The van der Waals surface area contributed by atoms with Crippen molar-refractivity contribution < 1.29 is 14.9 Å². The highest BCUT2D eigenvalue weighted by Gasteiger charge is 2.65. The smallest absolute Gasteiger partial charge is 0.165 e. The first kappa shape index (κ1) is 15.8. The SMILES string of the molecule is CCC1CC1CN1CC[C@]23c4c5ccc(O)c4O[C@H]2[C@H](O)CC[C@H]3[C@H]1C5. The Balaban J connectivity index is 1.43. The predicted octanol–water partition coefficient (Wildman–Crippen LogP) is 2.84. The maximum atomic E-state index is 10.7. The van der Waals surface area contributed by atoms with Gasteiger partial charge in [0.25, 0.3) is 0 Å². The number of ether oxygens (including phenoxy) is 1. The highest BCUT2D eigenvalue weighted by atomic mass is 16.5. The maximum absolute atomic E-state index is 10.7. The molecule has 2 heterocycles. The highest BCUT2D eigenvalue weighted by molar-refractivity contribution is 5.60. The number of aliphatic hydroxyl groups excluding tert-OH is 1. The molecule has 1 saturated heterocycles. The second-order valence-electron chi connectivity index (χ2n) is 9.46. The summed E-state index contributed by atoms with van der Waals surface area (Å²) in [5, 5.41) is 21.2. The molecule has 2 saturated carbocycles. The zero-order chi connectivity index (χ0) is 17.6. The Kier molecular flexibility index (Phi) is 3.13. The van der Waals surface area contributed by atoms with Crippen molar-refractivity contribution in [2.75, 3.05) is 13.1 Å². The number of likely N-dealkylation sites (tertiary alicyclic amines) is 1. The van der Waals surface area contributed by atoms with E-state index >= 15 is 0 Å². The van der Waals surface area contributed by atoms with Gasteiger partial charge in [0.05, 0.1) is 6.10 Å². The highest BCUT2D eigenvalue weighted by Crippen LogP contribution is 2.64. The van der Waals surface area contributed by atoms with Gasteiger partial charge in [0.15, 0.2) is 11.5 Å². The topological polar surface area (TPSA) is 52.9 Å². The molecule has 26 heavy (non-hydrogen) atoms. The lowest BCUT2D eigenvalue weighted by Crippen LogP contribution is -2.67. The van der Waals surface area contributed by atoms with Crippen LogP contribution >= 0.6 is 0 Å². The van der Waals surface area contributed by atoms with Crippen LogP contribution in [-0.2, 0) is 11.8 Å². The molecule has 2 aliphatic heterocycles. The van der Waals surface area contributed by atoms with Gasteiger partial charge in [-0.1, -0.05) is 19.4 Å². The third-order valence-corrected chi connectivity index (χ3v) is 8.46. The minimum absolute atomic E-state index is 0.0752. The third-order valence-electron chi connectivity index (χ3n) is 8.46. The monoisotopic (exact) mass is 355 g/mol. The van der Waals surface area contributed by atoms with Crippen LogP contribution in [0.15, 0.2) is 12.1 Å². The zero-order valence-electron chi connectivity index (χ0n) is 15.5. The second kappa shape index (κ2) is 5.17. The quantitative estimate of drug-likeness (QED) is 0.875. The summed E-state index contributed by atoms with van der Waals surface area (Å²) < 4.78 is 6.27. The van der Waals surface area contributed by atoms with Crippen LogP contribution in [0.5, 0.6) is 11.5 Å². The first-order valence-electron chi connectivity index (χ1n) is 10.6. The molecule has 3 fully saturated rings. The summed E-state index contributed by atoms with van der Waals surface area (Å²) in [6.45, 7) is 4.68. The molecule has 1 aromatic rings. The van der Waals surface area contributed by atoms with E-state index in [4.69, 9.17) is 4.74 Å². The Hall–Kier alpha value is -1.26. The molecular weight excluding hydrogens is 326 g/mol. The fraction of sp³-hybridized carbons (Fsp3) is 0.727. The normalized spacial score (nSPS) is 45.2. The second-order valence-corrected chi connectivity index (χ2v) is 9.46. The molecule has 0 amide bonds. The van der Waals surface area contributed by atoms with Crippen molar-refractivity contribution in [1.29, 1.82) is 0 Å². The third kappa shape index (κ3) is 1.83. The van der Waals surface area contributed by atoms with E-state index in [-0.39, 0.29) is 17.3 Å². The van der Waals surface area contributed by atoms with E-state index in [1.807, 2.05) is 0 Å². The van der Waals surface area contributed by atoms with Crippen LogP contribution in [0.4, 0.5) is 0 Å². The van der Waals surface area contributed by atoms with Crippen LogP contribution < -0.4 is 4.74 Å². The molecule has 1 spiro atoms. The molecule has 7 atom stereocenters. The number of piperidine rings is 1. The summed E-state index contributed by atoms with van der Waals surface area (Å²) >= 11 is 0. The van der Waals surface area contributed by atoms with E-state index in [0.29, 0.717) is 17.7 Å². The molecule has 0 aromatic heterocycles. The van der Waals surface area contributed by atoms with Gasteiger partial charge in [-0.15, -0.1) is 0 Å². The summed E-state index contributed by atoms with van der Waals surface area (Å²) in [4.78, 5) is 2.78. The lowest BCUT2D eigenvalue weighted by Gasteiger charge is -2.59. The summed E-state index contributed by atoms with van der Waals surface area (Å²) in [5.41, 5.74) is 2.52. The standard InChI is InChI=1S/C22H29NO3/c1-2-12-9-14(12)11-23-8-7-22-15-4-6-18(25)21(22)26-20-17(24)5-3-13(19(20)22)10-16(15)23/h3,5,12,14-16,18,21,24-25H,2,4,6-11H2,1H3/t12?,14?,15-,16+,18+,21-,22-/m0/s1. The molecule has 5 aliphatic rings. The molecule has 6 rings (SSSR count). The van der Waals surface area contributed by atoms with E-state index in [0.717, 1.165) is 44.1 Å². The van der Waals surface area contributed by atoms with Crippen LogP contribution in [-0.4, -0.2) is 46.5 Å². The van der Waals surface area contributed by atoms with Gasteiger partial charge in [-0.05, 0) is 68.0 Å². The van der Waals surface area contributed by atoms with Crippen LogP contribution in [0.3, 0.4) is 0 Å². The van der Waals surface area contributed by atoms with Crippen molar-refractivity contribution >= 4 is 0 Å². The van der Waals surface area contributed by atoms with Gasteiger partial charge in [0, 0.05) is 23.6 Å². The lowest BCUT2D eigenvalue weighted by molar-refractivity contribution is -0.105. The van der Waals surface area contributed by atoms with Gasteiger partial charge in [0.1, 0.15) is 6.10 Å². The molecular formula is C22H29NO3. The minimum atomic E-state index is -0.413. The predicted molar refractivity (Wildman–Crippen MR) is 98.5 cm³/mol. The van der Waals surface area contributed by atoms with Crippen LogP contribution in [0.1, 0.15) is 50.2 Å². The molecule has 4 heteroatoms. The van der Waals surface area contributed by atoms with E-state index in [1.54, 1.807) is 6.07 Å². The largest absolute Gasteiger partial charge is 0.504 e. The molecule has 3 aliphatic carbocycles. The number of phenols is 1. The van der Waals surface area contributed by atoms with Crippen molar-refractivity contribution in [2.24, 2.45) is 17.8 Å². The summed E-state index contributed by atoms with van der Waals surface area (Å²) in [5.74, 6) is 3.33. The maximum Gasteiger partial charge on any atom is 0.165 e. The molecule has 0 radical (unpaired) electrons. The molecule has 140 valence electrons. The summed E-state index contributed by atoms with van der Waals surface area (Å²) in [7, 11) is 0. The number of hydrogen-bond donors (Lipinski definition) is 2. The molecule has 4 nitrogen and oxygen atoms in total. The Bertz CT molecular complexity index is 764. The van der Waals surface area contributed by atoms with Crippen LogP contribution in [0.2, 0.25) is 0 Å². The first-order chi connectivity index (χ1) is 12.6. The average molecular weight is 355 g/mol. The van der Waals surface area contributed by atoms with Crippen molar-refractivity contribution in [2.45, 2.75) is 69.1 Å². The van der Waals surface area contributed by atoms with Crippen LogP contribution in [0, 0.1) is 17.8 Å². The lowest BCUT2D eigenvalue weighted by atomic mass is 9.51. The number of benzene rings is 1. The fourth-order valence-electron chi connectivity index (χ4n) is 7.16. The number of nitrogens with zero attached hydrogens (tertiary/aromatic N) is 1. The molecule has 2 bridgehead atoms. The Morgan fingerprint density at radius 1 is 1.27 bits per heavy atom. The zero-order valence-corrected chi connectivity index (χ0v) is 15.5. The Labute approximate surface area is 155 Å². The number of aliphatic hydroxyl groups is 1. The van der Waals surface area contributed by atoms with Gasteiger partial charge < -0.3 is 14.9 Å². The van der Waals surface area contributed by atoms with Crippen LogP contribution in [0.25, 0.3) is 0 Å². The van der Waals surface area contributed by atoms with E-state index in [2.05, 4.69) is 17.9 Å². The molecule has 2 unspecified atom stereocenters. The minimum Gasteiger partial charge on any atom is -0.504 e. The van der Waals surface area contributed by atoms with Gasteiger partial charge in [-0.25, -0.2) is 0 Å². The number of aromatic hydroxyl groups is 1. The number of phenolic OH excluding ortho intramolecular Hbond substituents is 1. The van der Waals surface area contributed by atoms with E-state index in [9.17, 15) is 10.2 Å². The van der Waals surface area contributed by atoms with Gasteiger partial charge in [-0.2, -0.15) is 0 Å². The summed E-state index contributed by atoms with van der Waals surface area (Å²) in [6, 6.07) is 4.48. The fourth-order valence-corrected chi connectivity index (χ4v) is 7.16.